The summed E-state index contributed by atoms with van der Waals surface area (Å²) in [5.74, 6) is -2.33. The summed E-state index contributed by atoms with van der Waals surface area (Å²) in [7, 11) is -2.29. The van der Waals surface area contributed by atoms with Crippen LogP contribution in [0.3, 0.4) is 0 Å². The van der Waals surface area contributed by atoms with E-state index >= 15 is 0 Å². The Kier molecular flexibility index (Phi) is 7.48. The van der Waals surface area contributed by atoms with Crippen LogP contribution in [0.15, 0.2) is 52.2 Å². The quantitative estimate of drug-likeness (QED) is 0.487. The largest absolute Gasteiger partial charge is 0.471 e. The van der Waals surface area contributed by atoms with Crippen LogP contribution in [0.4, 0.5) is 13.2 Å². The second-order valence-electron chi connectivity index (χ2n) is 7.33. The fourth-order valence-electron chi connectivity index (χ4n) is 3.31. The molecule has 0 saturated carbocycles. The molecule has 2 heterocycles. The lowest BCUT2D eigenvalue weighted by atomic mass is 10.1. The molecular weight excluding hydrogens is 479 g/mol. The average molecular weight is 502 g/mol. The molecule has 0 fully saturated rings. The van der Waals surface area contributed by atoms with Crippen molar-refractivity contribution < 1.29 is 31.2 Å². The van der Waals surface area contributed by atoms with Crippen molar-refractivity contribution in [2.75, 3.05) is 20.1 Å². The number of carbonyl (C=O) groups is 2. The van der Waals surface area contributed by atoms with Gasteiger partial charge in [0.05, 0.1) is 5.52 Å². The van der Waals surface area contributed by atoms with Gasteiger partial charge in [-0.15, -0.1) is 11.3 Å². The molecule has 0 aliphatic carbocycles. The Hall–Kier alpha value is -2.86. The molecule has 3 rings (SSSR count). The number of likely N-dealkylation sites (N-methyl/N-ethyl adjacent to an activating group) is 1. The van der Waals surface area contributed by atoms with E-state index in [1.54, 1.807) is 41.2 Å². The van der Waals surface area contributed by atoms with Crippen LogP contribution in [0.2, 0.25) is 0 Å². The number of carbonyl (C=O) groups excluding carboxylic acids is 2. The molecule has 3 aromatic rings. The molecule has 0 aliphatic heterocycles. The van der Waals surface area contributed by atoms with Crippen LogP contribution >= 0.6 is 11.3 Å². The standard InChI is InChI=1S/C21H22F3N3O4S2/c1-26(12-11-25-20(29)21(22,23)24)18(28)9-4-6-15-14-27(17-8-3-2-7-16(15)17)33(30,31)19-10-5-13-32-19/h2-3,5,7-8,10,13-14H,4,6,9,11-12H2,1H3,(H,25,29). The lowest BCUT2D eigenvalue weighted by molar-refractivity contribution is -0.173. The van der Waals surface area contributed by atoms with Gasteiger partial charge < -0.3 is 10.2 Å². The number of aryl methyl sites for hydroxylation is 1. The fourth-order valence-corrected chi connectivity index (χ4v) is 5.78. The monoisotopic (exact) mass is 501 g/mol. The Bertz CT molecular complexity index is 1240. The molecule has 33 heavy (non-hydrogen) atoms. The minimum absolute atomic E-state index is 0.0565. The van der Waals surface area contributed by atoms with Gasteiger partial charge in [0.1, 0.15) is 4.21 Å². The van der Waals surface area contributed by atoms with Crippen molar-refractivity contribution in [3.05, 3.63) is 53.5 Å². The second kappa shape index (κ2) is 9.96. The summed E-state index contributed by atoms with van der Waals surface area (Å²) in [6, 6.07) is 10.3. The van der Waals surface area contributed by atoms with Crippen molar-refractivity contribution in [1.29, 1.82) is 0 Å². The van der Waals surface area contributed by atoms with Crippen LogP contribution in [0, 0.1) is 0 Å². The van der Waals surface area contributed by atoms with Gasteiger partial charge in [0.15, 0.2) is 0 Å². The number of amides is 2. The maximum atomic E-state index is 13.0. The van der Waals surface area contributed by atoms with Crippen LogP contribution in [-0.4, -0.2) is 55.4 Å². The number of aromatic nitrogens is 1. The summed E-state index contributed by atoms with van der Waals surface area (Å²) in [4.78, 5) is 24.3. The van der Waals surface area contributed by atoms with Crippen LogP contribution in [0.25, 0.3) is 10.9 Å². The number of hydrogen-bond donors (Lipinski definition) is 1. The molecule has 1 aromatic carbocycles. The van der Waals surface area contributed by atoms with E-state index in [1.165, 1.54) is 15.9 Å². The summed E-state index contributed by atoms with van der Waals surface area (Å²) < 4.78 is 64.1. The predicted octanol–water partition coefficient (Wildman–Crippen LogP) is 3.40. The van der Waals surface area contributed by atoms with Crippen molar-refractivity contribution in [3.8, 4) is 0 Å². The minimum atomic E-state index is -4.96. The number of fused-ring (bicyclic) bond motifs is 1. The van der Waals surface area contributed by atoms with E-state index in [2.05, 4.69) is 0 Å². The van der Waals surface area contributed by atoms with Crippen molar-refractivity contribution in [1.82, 2.24) is 14.2 Å². The van der Waals surface area contributed by atoms with E-state index in [0.29, 0.717) is 18.4 Å². The lowest BCUT2D eigenvalue weighted by Crippen LogP contribution is -2.41. The summed E-state index contributed by atoms with van der Waals surface area (Å²) in [6.07, 6.45) is -2.40. The second-order valence-corrected chi connectivity index (χ2v) is 10.3. The number of thiophene rings is 1. The maximum Gasteiger partial charge on any atom is 0.471 e. The topological polar surface area (TPSA) is 88.5 Å². The van der Waals surface area contributed by atoms with Crippen LogP contribution in [0.5, 0.6) is 0 Å². The molecule has 0 saturated heterocycles. The van der Waals surface area contributed by atoms with E-state index < -0.39 is 22.1 Å². The van der Waals surface area contributed by atoms with Crippen LogP contribution in [-0.2, 0) is 26.0 Å². The van der Waals surface area contributed by atoms with Crippen LogP contribution in [0.1, 0.15) is 18.4 Å². The van der Waals surface area contributed by atoms with E-state index in [1.807, 2.05) is 12.1 Å². The zero-order chi connectivity index (χ0) is 24.2. The molecule has 0 spiro atoms. The highest BCUT2D eigenvalue weighted by molar-refractivity contribution is 7.92. The molecule has 7 nitrogen and oxygen atoms in total. The SMILES string of the molecule is CN(CCNC(=O)C(F)(F)F)C(=O)CCCc1cn(S(=O)(=O)c2cccs2)c2ccccc12. The first kappa shape index (κ1) is 24.8. The van der Waals surface area contributed by atoms with Crippen LogP contribution < -0.4 is 5.32 Å². The van der Waals surface area contributed by atoms with Gasteiger partial charge in [0.2, 0.25) is 5.91 Å². The van der Waals surface area contributed by atoms with Crippen molar-refractivity contribution in [2.24, 2.45) is 0 Å². The van der Waals surface area contributed by atoms with Gasteiger partial charge in [-0.1, -0.05) is 24.3 Å². The Morgan fingerprint density at radius 3 is 2.55 bits per heavy atom. The zero-order valence-electron chi connectivity index (χ0n) is 17.6. The molecule has 12 heteroatoms. The number of rotatable bonds is 9. The highest BCUT2D eigenvalue weighted by Gasteiger charge is 2.38. The lowest BCUT2D eigenvalue weighted by Gasteiger charge is -2.17. The highest BCUT2D eigenvalue weighted by Crippen LogP contribution is 2.28. The molecule has 0 bridgehead atoms. The van der Waals surface area contributed by atoms with Gasteiger partial charge in [0.25, 0.3) is 10.0 Å². The third-order valence-electron chi connectivity index (χ3n) is 5.02. The Labute approximate surface area is 192 Å². The molecule has 2 aromatic heterocycles. The van der Waals surface area contributed by atoms with Crippen molar-refractivity contribution in [3.63, 3.8) is 0 Å². The number of halogens is 3. The number of hydrogen-bond acceptors (Lipinski definition) is 5. The summed E-state index contributed by atoms with van der Waals surface area (Å²) in [6.45, 7) is -0.367. The smallest absolute Gasteiger partial charge is 0.347 e. The molecule has 178 valence electrons. The van der Waals surface area contributed by atoms with Crippen molar-refractivity contribution in [2.45, 2.75) is 29.6 Å². The Morgan fingerprint density at radius 1 is 1.15 bits per heavy atom. The van der Waals surface area contributed by atoms with Gasteiger partial charge in [-0.05, 0) is 35.9 Å². The van der Waals surface area contributed by atoms with E-state index in [0.717, 1.165) is 22.3 Å². The fraction of sp³-hybridized carbons (Fsp3) is 0.333. The normalized spacial score (nSPS) is 12.1. The number of nitrogens with zero attached hydrogens (tertiary/aromatic N) is 2. The van der Waals surface area contributed by atoms with Gasteiger partial charge in [-0.2, -0.15) is 21.6 Å². The third kappa shape index (κ3) is 5.74. The Morgan fingerprint density at radius 2 is 1.88 bits per heavy atom. The number of alkyl halides is 3. The van der Waals surface area contributed by atoms with E-state index in [-0.39, 0.29) is 29.6 Å². The summed E-state index contributed by atoms with van der Waals surface area (Å²) in [5.41, 5.74) is 1.32. The van der Waals surface area contributed by atoms with Gasteiger partial charge in [-0.3, -0.25) is 9.59 Å². The third-order valence-corrected chi connectivity index (χ3v) is 8.07. The van der Waals surface area contributed by atoms with Gasteiger partial charge in [-0.25, -0.2) is 3.97 Å². The number of benzene rings is 1. The van der Waals surface area contributed by atoms with Gasteiger partial charge in [0, 0.05) is 38.1 Å². The Balaban J connectivity index is 1.62. The molecular formula is C21H22F3N3O4S2. The van der Waals surface area contributed by atoms with Gasteiger partial charge >= 0.3 is 12.1 Å². The first-order chi connectivity index (χ1) is 15.5. The average Bonchev–Trinajstić information content (AvgIpc) is 3.42. The molecule has 0 atom stereocenters. The van der Waals surface area contributed by atoms with E-state index in [4.69, 9.17) is 0 Å². The number of para-hydroxylation sites is 1. The summed E-state index contributed by atoms with van der Waals surface area (Å²) >= 11 is 1.13. The number of nitrogens with one attached hydrogen (secondary N) is 1. The first-order valence-corrected chi connectivity index (χ1v) is 12.3. The molecule has 0 aliphatic rings. The maximum absolute atomic E-state index is 13.0. The van der Waals surface area contributed by atoms with Crippen molar-refractivity contribution >= 4 is 44.1 Å². The van der Waals surface area contributed by atoms with E-state index in [9.17, 15) is 31.2 Å². The predicted molar refractivity (Wildman–Crippen MR) is 118 cm³/mol. The zero-order valence-corrected chi connectivity index (χ0v) is 19.3. The minimum Gasteiger partial charge on any atom is -0.347 e. The first-order valence-electron chi connectivity index (χ1n) is 9.99. The molecule has 1 N–H and O–H groups in total. The highest BCUT2D eigenvalue weighted by atomic mass is 32.2. The molecule has 2 amide bonds. The molecule has 0 radical (unpaired) electrons. The summed E-state index contributed by atoms with van der Waals surface area (Å²) in [5, 5.41) is 4.18. The molecule has 0 unspecified atom stereocenters.